The van der Waals surface area contributed by atoms with Gasteiger partial charge in [0.15, 0.2) is 0 Å². The van der Waals surface area contributed by atoms with E-state index in [1.165, 1.54) is 67.4 Å². The third-order valence-corrected chi connectivity index (χ3v) is 12.1. The maximum atomic E-state index is 4.92. The van der Waals surface area contributed by atoms with E-state index in [2.05, 4.69) is 188 Å². The van der Waals surface area contributed by atoms with Gasteiger partial charge < -0.3 is 9.80 Å². The first-order valence-electron chi connectivity index (χ1n) is 18.5. The van der Waals surface area contributed by atoms with Crippen molar-refractivity contribution in [1.29, 1.82) is 0 Å². The van der Waals surface area contributed by atoms with Gasteiger partial charge in [-0.2, -0.15) is 0 Å². The summed E-state index contributed by atoms with van der Waals surface area (Å²) in [5.41, 5.74) is 17.6. The Morgan fingerprint density at radius 3 is 1.71 bits per heavy atom. The van der Waals surface area contributed by atoms with E-state index in [9.17, 15) is 0 Å². The molecule has 0 spiro atoms. The minimum atomic E-state index is -0.0809. The van der Waals surface area contributed by atoms with E-state index >= 15 is 0 Å². The number of anilines is 5. The number of rotatable bonds is 4. The second-order valence-corrected chi connectivity index (χ2v) is 15.5. The number of benzene rings is 5. The van der Waals surface area contributed by atoms with Gasteiger partial charge in [-0.05, 0) is 92.9 Å². The summed E-state index contributed by atoms with van der Waals surface area (Å²) in [6, 6.07) is 46.5. The molecule has 252 valence electrons. The molecule has 3 heterocycles. The molecule has 5 aromatic carbocycles. The zero-order chi connectivity index (χ0) is 35.0. The number of allylic oxidation sites excluding steroid dienone is 3. The Balaban J connectivity index is 0.947. The van der Waals surface area contributed by atoms with Crippen LogP contribution >= 0.6 is 0 Å². The van der Waals surface area contributed by atoms with Crippen molar-refractivity contribution in [2.24, 2.45) is 5.92 Å². The highest BCUT2D eigenvalue weighted by Gasteiger charge is 2.52. The number of para-hydroxylation sites is 4. The topological polar surface area (TPSA) is 19.4 Å². The lowest BCUT2D eigenvalue weighted by Crippen LogP contribution is -2.36. The molecule has 3 nitrogen and oxygen atoms in total. The first-order chi connectivity index (χ1) is 25.4. The number of fused-ring (bicyclic) bond motifs is 7. The van der Waals surface area contributed by atoms with E-state index in [0.717, 1.165) is 24.2 Å². The molecule has 52 heavy (non-hydrogen) atoms. The first-order valence-corrected chi connectivity index (χ1v) is 18.5. The Labute approximate surface area is 306 Å². The number of hydrogen-bond donors (Lipinski definition) is 0. The van der Waals surface area contributed by atoms with E-state index in [1.54, 1.807) is 0 Å². The van der Waals surface area contributed by atoms with Crippen LogP contribution in [0, 0.1) is 5.92 Å². The molecule has 4 aliphatic rings. The van der Waals surface area contributed by atoms with Crippen molar-refractivity contribution >= 4 is 40.6 Å². The van der Waals surface area contributed by atoms with E-state index in [1.807, 2.05) is 6.20 Å². The van der Waals surface area contributed by atoms with Gasteiger partial charge in [0.1, 0.15) is 0 Å². The molecule has 2 aliphatic heterocycles. The van der Waals surface area contributed by atoms with Crippen molar-refractivity contribution in [3.63, 3.8) is 0 Å². The van der Waals surface area contributed by atoms with Crippen molar-refractivity contribution in [3.05, 3.63) is 202 Å². The number of pyridine rings is 1. The molecule has 2 atom stereocenters. The zero-order valence-corrected chi connectivity index (χ0v) is 29.9. The number of hydrogen-bond acceptors (Lipinski definition) is 3. The standard InChI is InChI=1S/C49H41N3/c1-48(2)42-28-33(20-22-38-23-24-40(32-50-38)52-45-18-10-6-14-36(45)30-37-15-7-11-19-46(37)52)21-25-41(42)49(3)27-26-39(31-47(48)49)51-43-16-8-4-12-34(43)29-35-13-5-9-17-44(35)51/h4-28,31-32,47H,29-30H2,1-3H3. The lowest BCUT2D eigenvalue weighted by molar-refractivity contribution is 0.322. The van der Waals surface area contributed by atoms with Crippen LogP contribution in [0.25, 0.3) is 12.2 Å². The van der Waals surface area contributed by atoms with Crippen molar-refractivity contribution in [1.82, 2.24) is 4.98 Å². The van der Waals surface area contributed by atoms with Crippen LogP contribution in [0.1, 0.15) is 65.4 Å². The maximum Gasteiger partial charge on any atom is 0.0645 e. The molecule has 0 radical (unpaired) electrons. The van der Waals surface area contributed by atoms with Gasteiger partial charge in [-0.1, -0.05) is 130 Å². The van der Waals surface area contributed by atoms with Crippen molar-refractivity contribution in [2.45, 2.75) is 44.4 Å². The van der Waals surface area contributed by atoms with Crippen LogP contribution in [-0.4, -0.2) is 4.98 Å². The normalized spacial score (nSPS) is 20.4. The van der Waals surface area contributed by atoms with Crippen LogP contribution in [0.5, 0.6) is 0 Å². The Kier molecular flexibility index (Phi) is 6.85. The van der Waals surface area contributed by atoms with Crippen LogP contribution in [0.4, 0.5) is 28.4 Å². The number of nitrogens with zero attached hydrogens (tertiary/aromatic N) is 3. The molecule has 2 unspecified atom stereocenters. The highest BCUT2D eigenvalue weighted by molar-refractivity contribution is 5.84. The van der Waals surface area contributed by atoms with Crippen molar-refractivity contribution in [2.75, 3.05) is 9.80 Å². The molecule has 1 aromatic heterocycles. The Morgan fingerprint density at radius 1 is 0.596 bits per heavy atom. The van der Waals surface area contributed by atoms with E-state index in [4.69, 9.17) is 4.98 Å². The molecule has 10 rings (SSSR count). The quantitative estimate of drug-likeness (QED) is 0.186. The second-order valence-electron chi connectivity index (χ2n) is 15.5. The Morgan fingerprint density at radius 2 is 1.15 bits per heavy atom. The van der Waals surface area contributed by atoms with Gasteiger partial charge in [0.05, 0.1) is 17.6 Å². The summed E-state index contributed by atoms with van der Waals surface area (Å²) in [7, 11) is 0. The van der Waals surface area contributed by atoms with Crippen molar-refractivity contribution < 1.29 is 0 Å². The average molecular weight is 672 g/mol. The van der Waals surface area contributed by atoms with Gasteiger partial charge in [0, 0.05) is 52.6 Å². The second kappa shape index (κ2) is 11.5. The van der Waals surface area contributed by atoms with E-state index < -0.39 is 0 Å². The Bertz CT molecular complexity index is 2390. The molecule has 3 heteroatoms. The molecule has 0 N–H and O–H groups in total. The van der Waals surface area contributed by atoms with Crippen LogP contribution in [0.3, 0.4) is 0 Å². The molecule has 0 bridgehead atoms. The molecule has 0 saturated heterocycles. The van der Waals surface area contributed by atoms with Gasteiger partial charge in [0.2, 0.25) is 0 Å². The van der Waals surface area contributed by atoms with Gasteiger partial charge in [-0.25, -0.2) is 0 Å². The predicted octanol–water partition coefficient (Wildman–Crippen LogP) is 12.0. The fourth-order valence-corrected chi connectivity index (χ4v) is 9.51. The minimum Gasteiger partial charge on any atom is -0.310 e. The fourth-order valence-electron chi connectivity index (χ4n) is 9.51. The van der Waals surface area contributed by atoms with Crippen LogP contribution in [0.15, 0.2) is 158 Å². The molecule has 0 saturated carbocycles. The lowest BCUT2D eigenvalue weighted by atomic mass is 9.66. The largest absolute Gasteiger partial charge is 0.310 e. The minimum absolute atomic E-state index is 0.0559. The van der Waals surface area contributed by atoms with E-state index in [0.29, 0.717) is 5.92 Å². The summed E-state index contributed by atoms with van der Waals surface area (Å²) in [4.78, 5) is 9.75. The summed E-state index contributed by atoms with van der Waals surface area (Å²) in [6.07, 6.45) is 15.7. The van der Waals surface area contributed by atoms with E-state index in [-0.39, 0.29) is 10.8 Å². The van der Waals surface area contributed by atoms with Gasteiger partial charge in [0.25, 0.3) is 0 Å². The van der Waals surface area contributed by atoms with Gasteiger partial charge in [-0.3, -0.25) is 4.98 Å². The van der Waals surface area contributed by atoms with Crippen LogP contribution in [0.2, 0.25) is 0 Å². The number of aromatic nitrogens is 1. The third-order valence-electron chi connectivity index (χ3n) is 12.1. The molecule has 6 aromatic rings. The zero-order valence-electron chi connectivity index (χ0n) is 29.9. The molecular weight excluding hydrogens is 631 g/mol. The monoisotopic (exact) mass is 671 g/mol. The molecule has 0 fully saturated rings. The SMILES string of the molecule is CC1(C)c2cc(C=Cc3ccc(N4c5ccccc5Cc5ccccc54)cn3)ccc2C2(C)C=CC(N3c4ccccc4Cc4ccccc43)=CC12. The van der Waals surface area contributed by atoms with Crippen molar-refractivity contribution in [3.8, 4) is 0 Å². The summed E-state index contributed by atoms with van der Waals surface area (Å²) in [5, 5.41) is 0. The smallest absolute Gasteiger partial charge is 0.0645 e. The van der Waals surface area contributed by atoms with Gasteiger partial charge in [-0.15, -0.1) is 0 Å². The Hall–Kier alpha value is -5.93. The molecule has 0 amide bonds. The molecular formula is C49H41N3. The third kappa shape index (κ3) is 4.69. The highest BCUT2D eigenvalue weighted by atomic mass is 15.2. The first kappa shape index (κ1) is 30.9. The maximum absolute atomic E-state index is 4.92. The summed E-state index contributed by atoms with van der Waals surface area (Å²) in [6.45, 7) is 7.28. The van der Waals surface area contributed by atoms with Crippen LogP contribution < -0.4 is 9.80 Å². The summed E-state index contributed by atoms with van der Waals surface area (Å²) < 4.78 is 0. The molecule has 2 aliphatic carbocycles. The van der Waals surface area contributed by atoms with Gasteiger partial charge >= 0.3 is 0 Å². The summed E-state index contributed by atoms with van der Waals surface area (Å²) >= 11 is 0. The van der Waals surface area contributed by atoms with Crippen LogP contribution in [-0.2, 0) is 23.7 Å². The average Bonchev–Trinajstić information content (AvgIpc) is 3.36. The predicted molar refractivity (Wildman–Crippen MR) is 216 cm³/mol. The highest BCUT2D eigenvalue weighted by Crippen LogP contribution is 2.58. The fraction of sp³-hybridized carbons (Fsp3) is 0.163. The summed E-state index contributed by atoms with van der Waals surface area (Å²) in [5.74, 6) is 0.315. The lowest BCUT2D eigenvalue weighted by Gasteiger charge is -2.41.